The molecule has 1 fully saturated rings. The van der Waals surface area contributed by atoms with Gasteiger partial charge in [-0.15, -0.1) is 0 Å². The van der Waals surface area contributed by atoms with Crippen LogP contribution in [0.25, 0.3) is 0 Å². The number of amides is 2. The van der Waals surface area contributed by atoms with E-state index < -0.39 is 17.4 Å². The van der Waals surface area contributed by atoms with Crippen LogP contribution in [0, 0.1) is 0 Å². The van der Waals surface area contributed by atoms with Gasteiger partial charge in [-0.05, 0) is 24.6 Å². The highest BCUT2D eigenvalue weighted by Crippen LogP contribution is 2.23. The van der Waals surface area contributed by atoms with Crippen LogP contribution in [0.15, 0.2) is 28.7 Å². The predicted octanol–water partition coefficient (Wildman–Crippen LogP) is 0.910. The first-order chi connectivity index (χ1) is 7.51. The fraction of sp³-hybridized carbons (Fsp3) is 0.273. The molecule has 1 atom stereocenters. The molecule has 0 bridgehead atoms. The van der Waals surface area contributed by atoms with Gasteiger partial charge in [0.25, 0.3) is 0 Å². The van der Waals surface area contributed by atoms with Crippen molar-refractivity contribution in [3.8, 4) is 0 Å². The van der Waals surface area contributed by atoms with Crippen molar-refractivity contribution in [2.75, 3.05) is 6.54 Å². The summed E-state index contributed by atoms with van der Waals surface area (Å²) in [5.41, 5.74) is 0.426. The first-order valence-electron chi connectivity index (χ1n) is 4.88. The zero-order valence-corrected chi connectivity index (χ0v) is 10.3. The zero-order chi connectivity index (χ0) is 11.8. The van der Waals surface area contributed by atoms with Crippen LogP contribution in [0.5, 0.6) is 0 Å². The van der Waals surface area contributed by atoms with Crippen molar-refractivity contribution in [1.82, 2.24) is 10.6 Å². The standard InChI is InChI=1S/C11H11BrN2O2/c1-11(6-13-9(15)10(16)14-11)7-2-4-8(12)5-3-7/h2-5H,6H2,1H3,(H,13,15)(H,14,16). The lowest BCUT2D eigenvalue weighted by atomic mass is 9.90. The lowest BCUT2D eigenvalue weighted by Gasteiger charge is -2.34. The lowest BCUT2D eigenvalue weighted by Crippen LogP contribution is -2.60. The summed E-state index contributed by atoms with van der Waals surface area (Å²) >= 11 is 3.35. The number of carbonyl (C=O) groups is 2. The molecule has 1 saturated heterocycles. The van der Waals surface area contributed by atoms with Crippen molar-refractivity contribution in [2.45, 2.75) is 12.5 Å². The number of nitrogens with one attached hydrogen (secondary N) is 2. The Kier molecular flexibility index (Phi) is 2.71. The van der Waals surface area contributed by atoms with Gasteiger partial charge in [0.1, 0.15) is 0 Å². The summed E-state index contributed by atoms with van der Waals surface area (Å²) in [6.07, 6.45) is 0. The molecule has 1 aromatic rings. The Morgan fingerprint density at radius 1 is 1.19 bits per heavy atom. The molecule has 84 valence electrons. The third kappa shape index (κ3) is 1.95. The van der Waals surface area contributed by atoms with Crippen LogP contribution in [0.1, 0.15) is 12.5 Å². The van der Waals surface area contributed by atoms with E-state index >= 15 is 0 Å². The second kappa shape index (κ2) is 3.90. The molecule has 1 aliphatic rings. The third-order valence-electron chi connectivity index (χ3n) is 2.68. The van der Waals surface area contributed by atoms with Gasteiger partial charge in [0.2, 0.25) is 0 Å². The van der Waals surface area contributed by atoms with E-state index in [1.165, 1.54) is 0 Å². The van der Waals surface area contributed by atoms with Crippen LogP contribution < -0.4 is 10.6 Å². The lowest BCUT2D eigenvalue weighted by molar-refractivity contribution is -0.142. The molecule has 0 radical (unpaired) electrons. The summed E-state index contributed by atoms with van der Waals surface area (Å²) in [7, 11) is 0. The van der Waals surface area contributed by atoms with Gasteiger partial charge in [-0.25, -0.2) is 0 Å². The van der Waals surface area contributed by atoms with Gasteiger partial charge in [-0.3, -0.25) is 9.59 Å². The van der Waals surface area contributed by atoms with Crippen LogP contribution in [0.3, 0.4) is 0 Å². The maximum atomic E-state index is 11.3. The highest BCUT2D eigenvalue weighted by atomic mass is 79.9. The Hall–Kier alpha value is -1.36. The topological polar surface area (TPSA) is 58.2 Å². The second-order valence-electron chi connectivity index (χ2n) is 3.98. The molecule has 0 aromatic heterocycles. The fourth-order valence-electron chi connectivity index (χ4n) is 1.68. The van der Waals surface area contributed by atoms with Crippen molar-refractivity contribution in [3.63, 3.8) is 0 Å². The molecule has 0 saturated carbocycles. The van der Waals surface area contributed by atoms with E-state index in [0.29, 0.717) is 6.54 Å². The molecule has 1 heterocycles. The Labute approximate surface area is 102 Å². The van der Waals surface area contributed by atoms with Gasteiger partial charge in [-0.2, -0.15) is 0 Å². The van der Waals surface area contributed by atoms with Crippen LogP contribution in [-0.2, 0) is 15.1 Å². The van der Waals surface area contributed by atoms with E-state index in [1.807, 2.05) is 31.2 Å². The van der Waals surface area contributed by atoms with E-state index in [4.69, 9.17) is 0 Å². The molecule has 0 aliphatic carbocycles. The van der Waals surface area contributed by atoms with E-state index in [2.05, 4.69) is 26.6 Å². The first kappa shape index (κ1) is 11.1. The van der Waals surface area contributed by atoms with Gasteiger partial charge in [-0.1, -0.05) is 28.1 Å². The zero-order valence-electron chi connectivity index (χ0n) is 8.71. The van der Waals surface area contributed by atoms with Crippen molar-refractivity contribution in [3.05, 3.63) is 34.3 Å². The number of carbonyl (C=O) groups excluding carboxylic acids is 2. The molecule has 1 aromatic carbocycles. The summed E-state index contributed by atoms with van der Waals surface area (Å²) in [6, 6.07) is 7.65. The quantitative estimate of drug-likeness (QED) is 0.753. The molecule has 1 aliphatic heterocycles. The van der Waals surface area contributed by atoms with Gasteiger partial charge in [0, 0.05) is 11.0 Å². The average Bonchev–Trinajstić information content (AvgIpc) is 2.25. The number of benzene rings is 1. The Bertz CT molecular complexity index is 444. The molecule has 4 nitrogen and oxygen atoms in total. The number of halogens is 1. The van der Waals surface area contributed by atoms with Crippen LogP contribution in [0.2, 0.25) is 0 Å². The second-order valence-corrected chi connectivity index (χ2v) is 4.89. The van der Waals surface area contributed by atoms with Crippen LogP contribution >= 0.6 is 15.9 Å². The average molecular weight is 283 g/mol. The molecule has 5 heteroatoms. The van der Waals surface area contributed by atoms with Crippen molar-refractivity contribution >= 4 is 27.7 Å². The summed E-state index contributed by atoms with van der Waals surface area (Å²) in [6.45, 7) is 2.28. The van der Waals surface area contributed by atoms with E-state index in [-0.39, 0.29) is 0 Å². The smallest absolute Gasteiger partial charge is 0.310 e. The minimum Gasteiger partial charge on any atom is -0.345 e. The van der Waals surface area contributed by atoms with E-state index in [9.17, 15) is 9.59 Å². The molecule has 0 spiro atoms. The van der Waals surface area contributed by atoms with E-state index in [0.717, 1.165) is 10.0 Å². The van der Waals surface area contributed by atoms with Gasteiger partial charge >= 0.3 is 11.8 Å². The van der Waals surface area contributed by atoms with Crippen molar-refractivity contribution in [1.29, 1.82) is 0 Å². The van der Waals surface area contributed by atoms with Gasteiger partial charge in [0.15, 0.2) is 0 Å². The first-order valence-corrected chi connectivity index (χ1v) is 5.67. The fourth-order valence-corrected chi connectivity index (χ4v) is 1.95. The Balaban J connectivity index is 2.29. The summed E-state index contributed by atoms with van der Waals surface area (Å²) in [5, 5.41) is 5.28. The summed E-state index contributed by atoms with van der Waals surface area (Å²) < 4.78 is 0.978. The normalized spacial score (nSPS) is 24.9. The minimum absolute atomic E-state index is 0.402. The molecule has 2 amide bonds. The third-order valence-corrected chi connectivity index (χ3v) is 3.21. The highest BCUT2D eigenvalue weighted by molar-refractivity contribution is 9.10. The largest absolute Gasteiger partial charge is 0.345 e. The molecule has 2 rings (SSSR count). The number of piperazine rings is 1. The van der Waals surface area contributed by atoms with Crippen LogP contribution in [0.4, 0.5) is 0 Å². The molecule has 2 N–H and O–H groups in total. The molecule has 1 unspecified atom stereocenters. The van der Waals surface area contributed by atoms with E-state index in [1.54, 1.807) is 0 Å². The number of hydrogen-bond acceptors (Lipinski definition) is 2. The monoisotopic (exact) mass is 282 g/mol. The SMILES string of the molecule is CC1(c2ccc(Br)cc2)CNC(=O)C(=O)N1. The molecular weight excluding hydrogens is 272 g/mol. The van der Waals surface area contributed by atoms with Crippen molar-refractivity contribution < 1.29 is 9.59 Å². The minimum atomic E-state index is -0.586. The number of rotatable bonds is 1. The highest BCUT2D eigenvalue weighted by Gasteiger charge is 2.35. The maximum absolute atomic E-state index is 11.3. The van der Waals surface area contributed by atoms with Gasteiger partial charge < -0.3 is 10.6 Å². The maximum Gasteiger partial charge on any atom is 0.310 e. The predicted molar refractivity (Wildman–Crippen MR) is 62.6 cm³/mol. The number of hydrogen-bond donors (Lipinski definition) is 2. The Morgan fingerprint density at radius 3 is 2.38 bits per heavy atom. The summed E-state index contributed by atoms with van der Waals surface area (Å²) in [5.74, 6) is -1.16. The Morgan fingerprint density at radius 2 is 1.81 bits per heavy atom. The van der Waals surface area contributed by atoms with Gasteiger partial charge in [0.05, 0.1) is 5.54 Å². The van der Waals surface area contributed by atoms with Crippen LogP contribution in [-0.4, -0.2) is 18.4 Å². The molecular formula is C11H11BrN2O2. The van der Waals surface area contributed by atoms with Crippen molar-refractivity contribution in [2.24, 2.45) is 0 Å². The molecule has 16 heavy (non-hydrogen) atoms. The summed E-state index contributed by atoms with van der Waals surface area (Å²) in [4.78, 5) is 22.4.